The third-order valence-electron chi connectivity index (χ3n) is 3.21. The molecule has 17 heavy (non-hydrogen) atoms. The van der Waals surface area contributed by atoms with E-state index in [1.807, 2.05) is 0 Å². The summed E-state index contributed by atoms with van der Waals surface area (Å²) >= 11 is 0. The number of rotatable bonds is 5. The monoisotopic (exact) mass is 236 g/mol. The van der Waals surface area contributed by atoms with Gasteiger partial charge >= 0.3 is 0 Å². The highest BCUT2D eigenvalue weighted by atomic mass is 16.3. The fourth-order valence-electron chi connectivity index (χ4n) is 1.92. The van der Waals surface area contributed by atoms with Crippen LogP contribution in [0.1, 0.15) is 44.9 Å². The van der Waals surface area contributed by atoms with E-state index in [2.05, 4.69) is 44.1 Å². The highest BCUT2D eigenvalue weighted by Crippen LogP contribution is 2.27. The smallest absolute Gasteiger partial charge is 0.122 e. The zero-order valence-electron chi connectivity index (χ0n) is 11.4. The molecule has 1 aromatic rings. The Bertz CT molecular complexity index is 361. The second-order valence-electron chi connectivity index (χ2n) is 6.12. The predicted octanol–water partition coefficient (Wildman–Crippen LogP) is 2.76. The van der Waals surface area contributed by atoms with Gasteiger partial charge in [0.25, 0.3) is 0 Å². The van der Waals surface area contributed by atoms with Crippen LogP contribution in [0.2, 0.25) is 0 Å². The van der Waals surface area contributed by atoms with Gasteiger partial charge in [0.05, 0.1) is 12.8 Å². The summed E-state index contributed by atoms with van der Waals surface area (Å²) in [4.78, 5) is 2.42. The number of nitrogens with zero attached hydrogens (tertiary/aromatic N) is 1. The van der Waals surface area contributed by atoms with Crippen LogP contribution in [0.25, 0.3) is 0 Å². The molecule has 0 aliphatic heterocycles. The van der Waals surface area contributed by atoms with Gasteiger partial charge in [0.1, 0.15) is 5.76 Å². The zero-order valence-corrected chi connectivity index (χ0v) is 11.4. The standard InChI is InChI=1S/C14H24N2O/c1-14(2,3)15-9-13-11(7-8-17-13)10-16(4)12-5-6-12/h7-8,12,15H,5-6,9-10H2,1-4H3. The summed E-state index contributed by atoms with van der Waals surface area (Å²) in [6, 6.07) is 2.90. The van der Waals surface area contributed by atoms with E-state index in [0.29, 0.717) is 0 Å². The molecule has 0 saturated heterocycles. The van der Waals surface area contributed by atoms with Crippen molar-refractivity contribution in [3.05, 3.63) is 23.7 Å². The summed E-state index contributed by atoms with van der Waals surface area (Å²) in [5, 5.41) is 3.47. The van der Waals surface area contributed by atoms with Gasteiger partial charge in [-0.2, -0.15) is 0 Å². The van der Waals surface area contributed by atoms with Crippen LogP contribution < -0.4 is 5.32 Å². The maximum atomic E-state index is 5.57. The van der Waals surface area contributed by atoms with Gasteiger partial charge in [-0.15, -0.1) is 0 Å². The number of hydrogen-bond donors (Lipinski definition) is 1. The van der Waals surface area contributed by atoms with Crippen molar-refractivity contribution in [3.8, 4) is 0 Å². The molecular formula is C14H24N2O. The van der Waals surface area contributed by atoms with E-state index in [-0.39, 0.29) is 5.54 Å². The van der Waals surface area contributed by atoms with Gasteiger partial charge in [0.2, 0.25) is 0 Å². The van der Waals surface area contributed by atoms with Crippen LogP contribution >= 0.6 is 0 Å². The molecule has 3 heteroatoms. The van der Waals surface area contributed by atoms with Gasteiger partial charge in [0.15, 0.2) is 0 Å². The first-order chi connectivity index (χ1) is 7.96. The molecule has 0 atom stereocenters. The molecule has 0 bridgehead atoms. The van der Waals surface area contributed by atoms with Crippen molar-refractivity contribution in [2.45, 2.75) is 58.3 Å². The molecule has 1 aliphatic carbocycles. The van der Waals surface area contributed by atoms with E-state index < -0.39 is 0 Å². The summed E-state index contributed by atoms with van der Waals surface area (Å²) in [5.41, 5.74) is 1.45. The fraction of sp³-hybridized carbons (Fsp3) is 0.714. The second kappa shape index (κ2) is 4.83. The van der Waals surface area contributed by atoms with Crippen molar-refractivity contribution >= 4 is 0 Å². The van der Waals surface area contributed by atoms with E-state index in [1.54, 1.807) is 6.26 Å². The molecular weight excluding hydrogens is 212 g/mol. The summed E-state index contributed by atoms with van der Waals surface area (Å²) < 4.78 is 5.57. The Morgan fingerprint density at radius 1 is 1.41 bits per heavy atom. The van der Waals surface area contributed by atoms with Gasteiger partial charge in [-0.25, -0.2) is 0 Å². The van der Waals surface area contributed by atoms with Crippen LogP contribution in [-0.4, -0.2) is 23.5 Å². The third kappa shape index (κ3) is 3.86. The Balaban J connectivity index is 1.91. The lowest BCUT2D eigenvalue weighted by atomic mass is 10.1. The Morgan fingerprint density at radius 3 is 2.71 bits per heavy atom. The Hall–Kier alpha value is -0.800. The lowest BCUT2D eigenvalue weighted by Crippen LogP contribution is -2.35. The first-order valence-corrected chi connectivity index (χ1v) is 6.46. The van der Waals surface area contributed by atoms with Gasteiger partial charge in [-0.1, -0.05) is 0 Å². The minimum absolute atomic E-state index is 0.131. The van der Waals surface area contributed by atoms with E-state index in [1.165, 1.54) is 18.4 Å². The van der Waals surface area contributed by atoms with Gasteiger partial charge < -0.3 is 9.73 Å². The SMILES string of the molecule is CN(Cc1ccoc1CNC(C)(C)C)C1CC1. The topological polar surface area (TPSA) is 28.4 Å². The number of furan rings is 1. The minimum atomic E-state index is 0.131. The Labute approximate surface area is 104 Å². The Kier molecular flexibility index (Phi) is 3.59. The van der Waals surface area contributed by atoms with Crippen LogP contribution in [0.15, 0.2) is 16.7 Å². The average molecular weight is 236 g/mol. The normalized spacial score (nSPS) is 16.8. The van der Waals surface area contributed by atoms with Crippen LogP contribution in [0.3, 0.4) is 0 Å². The second-order valence-corrected chi connectivity index (χ2v) is 6.12. The van der Waals surface area contributed by atoms with Crippen LogP contribution in [0.4, 0.5) is 0 Å². The lowest BCUT2D eigenvalue weighted by molar-refractivity contribution is 0.310. The quantitative estimate of drug-likeness (QED) is 0.852. The largest absolute Gasteiger partial charge is 0.468 e. The van der Waals surface area contributed by atoms with Crippen molar-refractivity contribution in [1.82, 2.24) is 10.2 Å². The first-order valence-electron chi connectivity index (χ1n) is 6.46. The molecule has 3 nitrogen and oxygen atoms in total. The molecule has 2 rings (SSSR count). The zero-order chi connectivity index (χ0) is 12.5. The van der Waals surface area contributed by atoms with Crippen molar-refractivity contribution in [2.75, 3.05) is 7.05 Å². The fourth-order valence-corrected chi connectivity index (χ4v) is 1.92. The number of hydrogen-bond acceptors (Lipinski definition) is 3. The van der Waals surface area contributed by atoms with Crippen LogP contribution in [0, 0.1) is 0 Å². The van der Waals surface area contributed by atoms with Crippen molar-refractivity contribution in [1.29, 1.82) is 0 Å². The molecule has 0 aromatic carbocycles. The maximum Gasteiger partial charge on any atom is 0.122 e. The summed E-state index contributed by atoms with van der Waals surface area (Å²) in [5.74, 6) is 1.08. The highest BCUT2D eigenvalue weighted by molar-refractivity contribution is 5.17. The van der Waals surface area contributed by atoms with Gasteiger partial charge in [-0.3, -0.25) is 4.90 Å². The molecule has 1 aliphatic rings. The van der Waals surface area contributed by atoms with Crippen LogP contribution in [0.5, 0.6) is 0 Å². The maximum absolute atomic E-state index is 5.57. The molecule has 1 aromatic heterocycles. The lowest BCUT2D eigenvalue weighted by Gasteiger charge is -2.21. The molecule has 96 valence electrons. The molecule has 0 unspecified atom stereocenters. The van der Waals surface area contributed by atoms with Gasteiger partial charge in [0, 0.05) is 23.7 Å². The molecule has 1 fully saturated rings. The Morgan fingerprint density at radius 2 is 2.12 bits per heavy atom. The molecule has 0 radical (unpaired) electrons. The average Bonchev–Trinajstić information content (AvgIpc) is 2.98. The molecule has 1 N–H and O–H groups in total. The third-order valence-corrected chi connectivity index (χ3v) is 3.21. The van der Waals surface area contributed by atoms with Crippen molar-refractivity contribution in [2.24, 2.45) is 0 Å². The van der Waals surface area contributed by atoms with Crippen molar-refractivity contribution in [3.63, 3.8) is 0 Å². The van der Waals surface area contributed by atoms with Crippen molar-refractivity contribution < 1.29 is 4.42 Å². The van der Waals surface area contributed by atoms with Crippen LogP contribution in [-0.2, 0) is 13.1 Å². The molecule has 0 spiro atoms. The van der Waals surface area contributed by atoms with E-state index >= 15 is 0 Å². The van der Waals surface area contributed by atoms with E-state index in [4.69, 9.17) is 4.42 Å². The van der Waals surface area contributed by atoms with Gasteiger partial charge in [-0.05, 0) is 46.7 Å². The molecule has 1 heterocycles. The minimum Gasteiger partial charge on any atom is -0.468 e. The summed E-state index contributed by atoms with van der Waals surface area (Å²) in [6.45, 7) is 8.33. The first kappa shape index (κ1) is 12.7. The highest BCUT2D eigenvalue weighted by Gasteiger charge is 2.26. The predicted molar refractivity (Wildman–Crippen MR) is 69.8 cm³/mol. The molecule has 0 amide bonds. The summed E-state index contributed by atoms with van der Waals surface area (Å²) in [7, 11) is 2.20. The van der Waals surface area contributed by atoms with E-state index in [0.717, 1.165) is 24.9 Å². The molecule has 1 saturated carbocycles. The summed E-state index contributed by atoms with van der Waals surface area (Å²) in [6.07, 6.45) is 4.50. The number of nitrogens with one attached hydrogen (secondary N) is 1. The van der Waals surface area contributed by atoms with E-state index in [9.17, 15) is 0 Å².